The minimum absolute atomic E-state index is 0.0273. The molecule has 1 rings (SSSR count). The molecule has 1 aliphatic heterocycles. The van der Waals surface area contributed by atoms with Crippen LogP contribution in [0.4, 0.5) is 4.79 Å². The maximum absolute atomic E-state index is 12.1. The normalized spacial score (nSPS) is 18.1. The van der Waals surface area contributed by atoms with Crippen molar-refractivity contribution in [3.8, 4) is 0 Å². The fourth-order valence-electron chi connectivity index (χ4n) is 1.93. The summed E-state index contributed by atoms with van der Waals surface area (Å²) in [7, 11) is 0. The van der Waals surface area contributed by atoms with Crippen molar-refractivity contribution < 1.29 is 14.3 Å². The summed E-state index contributed by atoms with van der Waals surface area (Å²) in [6, 6.07) is -0.530. The lowest BCUT2D eigenvalue weighted by Crippen LogP contribution is -2.49. The van der Waals surface area contributed by atoms with E-state index in [1.165, 1.54) is 6.42 Å². The molecule has 1 atom stereocenters. The van der Waals surface area contributed by atoms with Gasteiger partial charge in [0.15, 0.2) is 0 Å². The molecule has 0 aromatic heterocycles. The second kappa shape index (κ2) is 6.07. The summed E-state index contributed by atoms with van der Waals surface area (Å²) in [6.07, 6.45) is 2.73. The number of hydrogen-bond donors (Lipinski definition) is 1. The van der Waals surface area contributed by atoms with Crippen LogP contribution >= 0.6 is 0 Å². The first-order valence-electron chi connectivity index (χ1n) is 6.58. The van der Waals surface area contributed by atoms with E-state index in [2.05, 4.69) is 5.32 Å². The zero-order chi connectivity index (χ0) is 13.8. The van der Waals surface area contributed by atoms with Gasteiger partial charge < -0.3 is 15.0 Å². The first kappa shape index (κ1) is 14.8. The third kappa shape index (κ3) is 4.94. The lowest BCUT2D eigenvalue weighted by atomic mass is 10.1. The van der Waals surface area contributed by atoms with Crippen molar-refractivity contribution in [3.05, 3.63) is 0 Å². The molecule has 0 bridgehead atoms. The minimum atomic E-state index is -0.544. The van der Waals surface area contributed by atoms with Gasteiger partial charge in [-0.2, -0.15) is 0 Å². The molecule has 5 heteroatoms. The number of rotatable bonds is 2. The summed E-state index contributed by atoms with van der Waals surface area (Å²) >= 11 is 0. The number of carbonyl (C=O) groups excluding carboxylic acids is 2. The maximum Gasteiger partial charge on any atom is 0.408 e. The van der Waals surface area contributed by atoms with Gasteiger partial charge in [-0.1, -0.05) is 0 Å². The molecule has 0 aliphatic carbocycles. The molecule has 1 aliphatic rings. The average molecular weight is 256 g/mol. The van der Waals surface area contributed by atoms with E-state index < -0.39 is 17.7 Å². The summed E-state index contributed by atoms with van der Waals surface area (Å²) in [6.45, 7) is 8.66. The standard InChI is InChI=1S/C13H24N2O3/c1-10(14-12(17)18-13(2,3)4)11(16)15-8-6-5-7-9-15/h10H,5-9H2,1-4H3,(H,14,17). The molecule has 0 saturated carbocycles. The van der Waals surface area contributed by atoms with Crippen LogP contribution in [0.5, 0.6) is 0 Å². The molecule has 0 spiro atoms. The van der Waals surface area contributed by atoms with E-state index in [1.54, 1.807) is 27.7 Å². The second-order valence-electron chi connectivity index (χ2n) is 5.75. The number of amides is 2. The summed E-state index contributed by atoms with van der Waals surface area (Å²) < 4.78 is 5.13. The second-order valence-corrected chi connectivity index (χ2v) is 5.75. The van der Waals surface area contributed by atoms with Crippen LogP contribution in [0.2, 0.25) is 0 Å². The molecule has 1 unspecified atom stereocenters. The third-order valence-electron chi connectivity index (χ3n) is 2.77. The van der Waals surface area contributed by atoms with Gasteiger partial charge in [-0.05, 0) is 47.0 Å². The zero-order valence-electron chi connectivity index (χ0n) is 11.8. The highest BCUT2D eigenvalue weighted by Gasteiger charge is 2.25. The Balaban J connectivity index is 2.41. The molecule has 18 heavy (non-hydrogen) atoms. The number of nitrogens with zero attached hydrogens (tertiary/aromatic N) is 1. The summed E-state index contributed by atoms with van der Waals surface area (Å²) in [5.41, 5.74) is -0.544. The molecule has 1 N–H and O–H groups in total. The quantitative estimate of drug-likeness (QED) is 0.821. The fourth-order valence-corrected chi connectivity index (χ4v) is 1.93. The Hall–Kier alpha value is -1.26. The first-order chi connectivity index (χ1) is 8.29. The van der Waals surface area contributed by atoms with E-state index in [4.69, 9.17) is 4.74 Å². The van der Waals surface area contributed by atoms with Crippen molar-refractivity contribution in [1.29, 1.82) is 0 Å². The smallest absolute Gasteiger partial charge is 0.408 e. The summed E-state index contributed by atoms with van der Waals surface area (Å²) in [4.78, 5) is 25.4. The number of nitrogens with one attached hydrogen (secondary N) is 1. The lowest BCUT2D eigenvalue weighted by Gasteiger charge is -2.29. The van der Waals surface area contributed by atoms with Crippen LogP contribution in [0, 0.1) is 0 Å². The highest BCUT2D eigenvalue weighted by atomic mass is 16.6. The lowest BCUT2D eigenvalue weighted by molar-refractivity contribution is -0.133. The van der Waals surface area contributed by atoms with Crippen LogP contribution in [-0.4, -0.2) is 41.6 Å². The maximum atomic E-state index is 12.1. The summed E-state index contributed by atoms with van der Waals surface area (Å²) in [5.74, 6) is -0.0273. The molecule has 1 heterocycles. The van der Waals surface area contributed by atoms with Crippen molar-refractivity contribution in [2.45, 2.75) is 58.6 Å². The van der Waals surface area contributed by atoms with Gasteiger partial charge in [0.2, 0.25) is 5.91 Å². The topological polar surface area (TPSA) is 58.6 Å². The number of alkyl carbamates (subject to hydrolysis) is 1. The number of carbonyl (C=O) groups is 2. The Kier molecular flexibility index (Phi) is 4.99. The SMILES string of the molecule is CC(NC(=O)OC(C)(C)C)C(=O)N1CCCCC1. The van der Waals surface area contributed by atoms with Gasteiger partial charge in [0.05, 0.1) is 0 Å². The van der Waals surface area contributed by atoms with Crippen molar-refractivity contribution in [2.75, 3.05) is 13.1 Å². The van der Waals surface area contributed by atoms with Gasteiger partial charge >= 0.3 is 6.09 Å². The van der Waals surface area contributed by atoms with Crippen LogP contribution in [0.15, 0.2) is 0 Å². The van der Waals surface area contributed by atoms with E-state index in [0.29, 0.717) is 0 Å². The van der Waals surface area contributed by atoms with Crippen LogP contribution in [0.25, 0.3) is 0 Å². The van der Waals surface area contributed by atoms with E-state index in [1.807, 2.05) is 4.90 Å². The minimum Gasteiger partial charge on any atom is -0.444 e. The van der Waals surface area contributed by atoms with Gasteiger partial charge in [-0.25, -0.2) is 4.79 Å². The van der Waals surface area contributed by atoms with Crippen LogP contribution < -0.4 is 5.32 Å². The van der Waals surface area contributed by atoms with Crippen molar-refractivity contribution in [2.24, 2.45) is 0 Å². The highest BCUT2D eigenvalue weighted by molar-refractivity contribution is 5.85. The third-order valence-corrected chi connectivity index (χ3v) is 2.77. The largest absolute Gasteiger partial charge is 0.444 e. The molecule has 5 nitrogen and oxygen atoms in total. The summed E-state index contributed by atoms with van der Waals surface area (Å²) in [5, 5.41) is 2.58. The van der Waals surface area contributed by atoms with Gasteiger partial charge in [0, 0.05) is 13.1 Å². The number of ether oxygens (including phenoxy) is 1. The van der Waals surface area contributed by atoms with E-state index >= 15 is 0 Å². The van der Waals surface area contributed by atoms with E-state index in [9.17, 15) is 9.59 Å². The van der Waals surface area contributed by atoms with Gasteiger partial charge in [-0.15, -0.1) is 0 Å². The monoisotopic (exact) mass is 256 g/mol. The molecule has 0 aromatic rings. The zero-order valence-corrected chi connectivity index (χ0v) is 11.8. The molecular formula is C13H24N2O3. The van der Waals surface area contributed by atoms with Crippen molar-refractivity contribution >= 4 is 12.0 Å². The molecule has 0 radical (unpaired) electrons. The molecule has 2 amide bonds. The van der Waals surface area contributed by atoms with Gasteiger partial charge in [0.1, 0.15) is 11.6 Å². The Morgan fingerprint density at radius 1 is 1.17 bits per heavy atom. The molecule has 0 aromatic carbocycles. The molecule has 104 valence electrons. The predicted octanol–water partition coefficient (Wildman–Crippen LogP) is 1.91. The van der Waals surface area contributed by atoms with Gasteiger partial charge in [0.25, 0.3) is 0 Å². The Morgan fingerprint density at radius 2 is 1.72 bits per heavy atom. The highest BCUT2D eigenvalue weighted by Crippen LogP contribution is 2.11. The van der Waals surface area contributed by atoms with E-state index in [-0.39, 0.29) is 5.91 Å². The molecule has 1 fully saturated rings. The predicted molar refractivity (Wildman–Crippen MR) is 69.3 cm³/mol. The number of likely N-dealkylation sites (tertiary alicyclic amines) is 1. The molecular weight excluding hydrogens is 232 g/mol. The van der Waals surface area contributed by atoms with Crippen LogP contribution in [0.1, 0.15) is 47.0 Å². The van der Waals surface area contributed by atoms with Crippen molar-refractivity contribution in [1.82, 2.24) is 10.2 Å². The van der Waals surface area contributed by atoms with Crippen molar-refractivity contribution in [3.63, 3.8) is 0 Å². The Bertz CT molecular complexity index is 304. The fraction of sp³-hybridized carbons (Fsp3) is 0.846. The van der Waals surface area contributed by atoms with Gasteiger partial charge in [-0.3, -0.25) is 4.79 Å². The van der Waals surface area contributed by atoms with E-state index in [0.717, 1.165) is 25.9 Å². The first-order valence-corrected chi connectivity index (χ1v) is 6.58. The Labute approximate surface area is 109 Å². The number of hydrogen-bond acceptors (Lipinski definition) is 3. The molecule has 1 saturated heterocycles. The average Bonchev–Trinajstić information content (AvgIpc) is 2.26. The number of piperidine rings is 1. The Morgan fingerprint density at radius 3 is 2.22 bits per heavy atom. The van der Waals surface area contributed by atoms with Crippen LogP contribution in [-0.2, 0) is 9.53 Å². The van der Waals surface area contributed by atoms with Crippen LogP contribution in [0.3, 0.4) is 0 Å².